The molecule has 1 aromatic heterocycles. The van der Waals surface area contributed by atoms with Crippen molar-refractivity contribution in [3.05, 3.63) is 11.6 Å². The number of aryl methyl sites for hydroxylation is 1. The van der Waals surface area contributed by atoms with Crippen molar-refractivity contribution in [1.82, 2.24) is 20.1 Å². The molecular weight excluding hydrogens is 252 g/mol. The molecule has 0 amide bonds. The standard InChI is InChI=1S/C11H20N4O2S/c1-8(2)15-9(3)13-14-11(15)6-12-10-4-5-18(16,17)7-10/h8,10,12H,4-7H2,1-3H3. The average molecular weight is 272 g/mol. The lowest BCUT2D eigenvalue weighted by atomic mass is 10.2. The van der Waals surface area contributed by atoms with Crippen LogP contribution in [0, 0.1) is 6.92 Å². The molecule has 0 spiro atoms. The molecule has 1 aromatic rings. The monoisotopic (exact) mass is 272 g/mol. The summed E-state index contributed by atoms with van der Waals surface area (Å²) in [4.78, 5) is 0. The normalized spacial score (nSPS) is 22.8. The van der Waals surface area contributed by atoms with E-state index in [-0.39, 0.29) is 11.8 Å². The molecule has 7 heteroatoms. The minimum Gasteiger partial charge on any atom is -0.312 e. The number of sulfone groups is 1. The molecule has 2 heterocycles. The van der Waals surface area contributed by atoms with Crippen molar-refractivity contribution in [2.75, 3.05) is 11.5 Å². The van der Waals surface area contributed by atoms with Crippen LogP contribution in [0.1, 0.15) is 38.0 Å². The summed E-state index contributed by atoms with van der Waals surface area (Å²) in [5, 5.41) is 11.5. The summed E-state index contributed by atoms with van der Waals surface area (Å²) in [7, 11) is -2.83. The van der Waals surface area contributed by atoms with E-state index < -0.39 is 9.84 Å². The average Bonchev–Trinajstić information content (AvgIpc) is 2.78. The smallest absolute Gasteiger partial charge is 0.151 e. The van der Waals surface area contributed by atoms with E-state index in [4.69, 9.17) is 0 Å². The van der Waals surface area contributed by atoms with E-state index in [0.29, 0.717) is 24.8 Å². The highest BCUT2D eigenvalue weighted by atomic mass is 32.2. The second-order valence-electron chi connectivity index (χ2n) is 5.11. The number of nitrogens with one attached hydrogen (secondary N) is 1. The SMILES string of the molecule is Cc1nnc(CNC2CCS(=O)(=O)C2)n1C(C)C. The predicted octanol–water partition coefficient (Wildman–Crippen LogP) is 0.444. The van der Waals surface area contributed by atoms with Crippen LogP contribution >= 0.6 is 0 Å². The number of hydrogen-bond donors (Lipinski definition) is 1. The van der Waals surface area contributed by atoms with Crippen LogP contribution in [0.3, 0.4) is 0 Å². The Bertz CT molecular complexity index is 521. The molecule has 0 aromatic carbocycles. The van der Waals surface area contributed by atoms with Gasteiger partial charge in [-0.3, -0.25) is 0 Å². The van der Waals surface area contributed by atoms with Crippen LogP contribution in [0.25, 0.3) is 0 Å². The second kappa shape index (κ2) is 4.97. The van der Waals surface area contributed by atoms with Crippen LogP contribution in [0.4, 0.5) is 0 Å². The molecule has 2 rings (SSSR count). The van der Waals surface area contributed by atoms with Gasteiger partial charge in [0.25, 0.3) is 0 Å². The van der Waals surface area contributed by atoms with Gasteiger partial charge in [-0.15, -0.1) is 10.2 Å². The van der Waals surface area contributed by atoms with Gasteiger partial charge in [-0.25, -0.2) is 8.42 Å². The van der Waals surface area contributed by atoms with Gasteiger partial charge in [0.2, 0.25) is 0 Å². The quantitative estimate of drug-likeness (QED) is 0.861. The third-order valence-electron chi connectivity index (χ3n) is 3.23. The molecule has 18 heavy (non-hydrogen) atoms. The Hall–Kier alpha value is -0.950. The maximum atomic E-state index is 11.4. The molecule has 1 saturated heterocycles. The van der Waals surface area contributed by atoms with Gasteiger partial charge in [-0.1, -0.05) is 0 Å². The summed E-state index contributed by atoms with van der Waals surface area (Å²) in [6.45, 7) is 6.66. The van der Waals surface area contributed by atoms with Crippen molar-refractivity contribution in [2.24, 2.45) is 0 Å². The topological polar surface area (TPSA) is 76.9 Å². The van der Waals surface area contributed by atoms with Crippen LogP contribution < -0.4 is 5.32 Å². The highest BCUT2D eigenvalue weighted by Crippen LogP contribution is 2.14. The molecule has 1 unspecified atom stereocenters. The number of hydrogen-bond acceptors (Lipinski definition) is 5. The van der Waals surface area contributed by atoms with Gasteiger partial charge in [0.15, 0.2) is 9.84 Å². The van der Waals surface area contributed by atoms with E-state index in [1.807, 2.05) is 6.92 Å². The highest BCUT2D eigenvalue weighted by Gasteiger charge is 2.27. The summed E-state index contributed by atoms with van der Waals surface area (Å²) in [5.74, 6) is 2.29. The molecule has 6 nitrogen and oxygen atoms in total. The van der Waals surface area contributed by atoms with E-state index in [9.17, 15) is 8.42 Å². The Kier molecular flexibility index (Phi) is 3.72. The van der Waals surface area contributed by atoms with Gasteiger partial charge < -0.3 is 9.88 Å². The molecule has 1 atom stereocenters. The fourth-order valence-corrected chi connectivity index (χ4v) is 4.10. The van der Waals surface area contributed by atoms with Crippen LogP contribution in [-0.2, 0) is 16.4 Å². The van der Waals surface area contributed by atoms with Gasteiger partial charge in [0.1, 0.15) is 11.6 Å². The third kappa shape index (κ3) is 2.89. The Morgan fingerprint density at radius 2 is 2.17 bits per heavy atom. The first-order valence-electron chi connectivity index (χ1n) is 6.23. The van der Waals surface area contributed by atoms with Crippen molar-refractivity contribution < 1.29 is 8.42 Å². The van der Waals surface area contributed by atoms with E-state index in [1.54, 1.807) is 0 Å². The zero-order chi connectivity index (χ0) is 13.3. The Morgan fingerprint density at radius 1 is 1.44 bits per heavy atom. The van der Waals surface area contributed by atoms with Gasteiger partial charge >= 0.3 is 0 Å². The largest absolute Gasteiger partial charge is 0.312 e. The van der Waals surface area contributed by atoms with E-state index in [1.165, 1.54) is 0 Å². The predicted molar refractivity (Wildman–Crippen MR) is 69.0 cm³/mol. The Balaban J connectivity index is 1.99. The van der Waals surface area contributed by atoms with E-state index >= 15 is 0 Å². The zero-order valence-electron chi connectivity index (χ0n) is 11.0. The first kappa shape index (κ1) is 13.5. The van der Waals surface area contributed by atoms with Crippen LogP contribution in [0.15, 0.2) is 0 Å². The molecule has 1 aliphatic rings. The zero-order valence-corrected chi connectivity index (χ0v) is 11.9. The molecule has 0 saturated carbocycles. The summed E-state index contributed by atoms with van der Waals surface area (Å²) in [6, 6.07) is 0.358. The fourth-order valence-electron chi connectivity index (χ4n) is 2.40. The van der Waals surface area contributed by atoms with Crippen molar-refractivity contribution in [3.63, 3.8) is 0 Å². The van der Waals surface area contributed by atoms with Crippen LogP contribution in [-0.4, -0.2) is 40.7 Å². The van der Waals surface area contributed by atoms with E-state index in [0.717, 1.165) is 11.6 Å². The summed E-state index contributed by atoms with van der Waals surface area (Å²) < 4.78 is 24.8. The molecule has 0 aliphatic carbocycles. The van der Waals surface area contributed by atoms with Crippen molar-refractivity contribution >= 4 is 9.84 Å². The molecule has 1 aliphatic heterocycles. The second-order valence-corrected chi connectivity index (χ2v) is 7.34. The first-order chi connectivity index (χ1) is 8.39. The summed E-state index contributed by atoms with van der Waals surface area (Å²) >= 11 is 0. The maximum Gasteiger partial charge on any atom is 0.151 e. The highest BCUT2D eigenvalue weighted by molar-refractivity contribution is 7.91. The minimum absolute atomic E-state index is 0.0487. The Labute approximate surface area is 108 Å². The first-order valence-corrected chi connectivity index (χ1v) is 8.05. The van der Waals surface area contributed by atoms with Crippen molar-refractivity contribution in [2.45, 2.75) is 45.8 Å². The van der Waals surface area contributed by atoms with Crippen molar-refractivity contribution in [1.29, 1.82) is 0 Å². The third-order valence-corrected chi connectivity index (χ3v) is 5.00. The minimum atomic E-state index is -2.83. The summed E-state index contributed by atoms with van der Waals surface area (Å²) in [5.41, 5.74) is 0. The lowest BCUT2D eigenvalue weighted by Crippen LogP contribution is -2.30. The maximum absolute atomic E-state index is 11.4. The fraction of sp³-hybridized carbons (Fsp3) is 0.818. The molecule has 102 valence electrons. The lowest BCUT2D eigenvalue weighted by Gasteiger charge is -2.14. The number of nitrogens with zero attached hydrogens (tertiary/aromatic N) is 3. The van der Waals surface area contributed by atoms with Crippen molar-refractivity contribution in [3.8, 4) is 0 Å². The van der Waals surface area contributed by atoms with Crippen LogP contribution in [0.5, 0.6) is 0 Å². The molecule has 0 bridgehead atoms. The molecule has 0 radical (unpaired) electrons. The van der Waals surface area contributed by atoms with Gasteiger partial charge in [-0.05, 0) is 27.2 Å². The molecular formula is C11H20N4O2S. The number of aromatic nitrogens is 3. The van der Waals surface area contributed by atoms with Gasteiger partial charge in [0, 0.05) is 12.1 Å². The molecule has 1 N–H and O–H groups in total. The number of rotatable bonds is 4. The molecule has 1 fully saturated rings. The van der Waals surface area contributed by atoms with E-state index in [2.05, 4.69) is 33.9 Å². The summed E-state index contributed by atoms with van der Waals surface area (Å²) in [6.07, 6.45) is 0.692. The van der Waals surface area contributed by atoms with Gasteiger partial charge in [-0.2, -0.15) is 0 Å². The Morgan fingerprint density at radius 3 is 2.72 bits per heavy atom. The van der Waals surface area contributed by atoms with Crippen LogP contribution in [0.2, 0.25) is 0 Å². The lowest BCUT2D eigenvalue weighted by molar-refractivity contribution is 0.497. The van der Waals surface area contributed by atoms with Gasteiger partial charge in [0.05, 0.1) is 18.1 Å².